The second kappa shape index (κ2) is 6.32. The van der Waals surface area contributed by atoms with E-state index in [0.717, 1.165) is 22.7 Å². The molecule has 0 aliphatic rings. The zero-order valence-electron chi connectivity index (χ0n) is 10.7. The highest BCUT2D eigenvalue weighted by molar-refractivity contribution is 9.10. The molecule has 0 amide bonds. The highest BCUT2D eigenvalue weighted by Crippen LogP contribution is 2.33. The Balaban J connectivity index is 2.49. The molecular weight excluding hydrogens is 396 g/mol. The van der Waals surface area contributed by atoms with Gasteiger partial charge in [-0.05, 0) is 49.9 Å². The molecule has 2 rings (SSSR count). The predicted octanol–water partition coefficient (Wildman–Crippen LogP) is 4.14. The van der Waals surface area contributed by atoms with E-state index in [1.165, 1.54) is 6.07 Å². The molecule has 20 heavy (non-hydrogen) atoms. The van der Waals surface area contributed by atoms with Crippen molar-refractivity contribution >= 4 is 31.9 Å². The van der Waals surface area contributed by atoms with Gasteiger partial charge in [0.2, 0.25) is 0 Å². The van der Waals surface area contributed by atoms with E-state index in [0.29, 0.717) is 12.1 Å². The maximum Gasteiger partial charge on any atom is 0.173 e. The molecule has 1 unspecified atom stereocenters. The van der Waals surface area contributed by atoms with E-state index >= 15 is 0 Å². The minimum atomic E-state index is -0.935. The topological polar surface area (TPSA) is 43.8 Å². The Bertz CT molecular complexity index is 628. The fraction of sp³-hybridized carbons (Fsp3) is 0.308. The molecule has 1 aromatic heterocycles. The maximum absolute atomic E-state index is 13.6. The third-order valence-corrected chi connectivity index (χ3v) is 4.38. The minimum absolute atomic E-state index is 0.0427. The molecule has 1 heterocycles. The van der Waals surface area contributed by atoms with E-state index in [-0.39, 0.29) is 4.47 Å². The van der Waals surface area contributed by atoms with Crippen LogP contribution in [0.25, 0.3) is 0 Å². The molecule has 1 atom stereocenters. The van der Waals surface area contributed by atoms with E-state index in [1.54, 1.807) is 10.9 Å². The largest absolute Gasteiger partial charge is 0.319 e. The first kappa shape index (κ1) is 15.6. The van der Waals surface area contributed by atoms with Crippen molar-refractivity contribution in [1.82, 2.24) is 9.78 Å². The van der Waals surface area contributed by atoms with Crippen LogP contribution in [-0.2, 0) is 6.54 Å². The van der Waals surface area contributed by atoms with Crippen molar-refractivity contribution in [3.63, 3.8) is 0 Å². The summed E-state index contributed by atoms with van der Waals surface area (Å²) in [4.78, 5) is 0. The van der Waals surface area contributed by atoms with Crippen molar-refractivity contribution in [2.45, 2.75) is 25.9 Å². The smallest absolute Gasteiger partial charge is 0.173 e. The zero-order chi connectivity index (χ0) is 14.9. The number of aromatic nitrogens is 2. The maximum atomic E-state index is 13.6. The minimum Gasteiger partial charge on any atom is -0.319 e. The van der Waals surface area contributed by atoms with Crippen LogP contribution in [0.4, 0.5) is 8.78 Å². The van der Waals surface area contributed by atoms with Gasteiger partial charge in [-0.2, -0.15) is 5.10 Å². The van der Waals surface area contributed by atoms with Crippen molar-refractivity contribution in [3.8, 4) is 0 Å². The van der Waals surface area contributed by atoms with Crippen LogP contribution in [-0.4, -0.2) is 9.78 Å². The molecule has 3 nitrogen and oxygen atoms in total. The summed E-state index contributed by atoms with van der Waals surface area (Å²) < 4.78 is 29.4. The third-order valence-electron chi connectivity index (χ3n) is 2.96. The summed E-state index contributed by atoms with van der Waals surface area (Å²) in [5, 5.41) is 4.23. The molecule has 0 bridgehead atoms. The number of halogens is 4. The summed E-state index contributed by atoms with van der Waals surface area (Å²) in [5.41, 5.74) is 7.41. The summed E-state index contributed by atoms with van der Waals surface area (Å²) in [6.45, 7) is 2.73. The number of hydrogen-bond acceptors (Lipinski definition) is 2. The van der Waals surface area contributed by atoms with Gasteiger partial charge in [-0.25, -0.2) is 8.78 Å². The SMILES string of the molecule is CCCn1ncc(Br)c1C(N)c1ccc(F)c(F)c1Br. The second-order valence-electron chi connectivity index (χ2n) is 4.34. The van der Waals surface area contributed by atoms with Gasteiger partial charge in [-0.3, -0.25) is 4.68 Å². The predicted molar refractivity (Wildman–Crippen MR) is 80.3 cm³/mol. The summed E-state index contributed by atoms with van der Waals surface area (Å²) in [6.07, 6.45) is 2.55. The highest BCUT2D eigenvalue weighted by atomic mass is 79.9. The zero-order valence-corrected chi connectivity index (χ0v) is 13.9. The Hall–Kier alpha value is -0.790. The first-order chi connectivity index (χ1) is 9.47. The Labute approximate surface area is 132 Å². The van der Waals surface area contributed by atoms with Gasteiger partial charge in [-0.15, -0.1) is 0 Å². The lowest BCUT2D eigenvalue weighted by molar-refractivity contribution is 0.499. The normalized spacial score (nSPS) is 12.7. The van der Waals surface area contributed by atoms with E-state index in [9.17, 15) is 8.78 Å². The van der Waals surface area contributed by atoms with E-state index in [4.69, 9.17) is 5.73 Å². The standard InChI is InChI=1S/C13H13Br2F2N3/c1-2-5-20-13(8(14)6-19-20)12(18)7-3-4-9(16)11(17)10(7)15/h3-4,6,12H,2,5,18H2,1H3. The molecular formula is C13H13Br2F2N3. The van der Waals surface area contributed by atoms with E-state index < -0.39 is 17.7 Å². The van der Waals surface area contributed by atoms with Crippen LogP contribution in [0.5, 0.6) is 0 Å². The molecule has 0 fully saturated rings. The number of rotatable bonds is 4. The van der Waals surface area contributed by atoms with Crippen molar-refractivity contribution in [2.24, 2.45) is 5.73 Å². The Morgan fingerprint density at radius 1 is 1.35 bits per heavy atom. The Kier molecular flexibility index (Phi) is 4.93. The van der Waals surface area contributed by atoms with Gasteiger partial charge in [0.05, 0.1) is 26.9 Å². The highest BCUT2D eigenvalue weighted by Gasteiger charge is 2.22. The van der Waals surface area contributed by atoms with E-state index in [1.807, 2.05) is 6.92 Å². The van der Waals surface area contributed by atoms with Crippen molar-refractivity contribution in [3.05, 3.63) is 50.2 Å². The van der Waals surface area contributed by atoms with Crippen LogP contribution in [0.2, 0.25) is 0 Å². The lowest BCUT2D eigenvalue weighted by Gasteiger charge is -2.17. The van der Waals surface area contributed by atoms with Crippen LogP contribution >= 0.6 is 31.9 Å². The summed E-state index contributed by atoms with van der Waals surface area (Å²) in [7, 11) is 0. The second-order valence-corrected chi connectivity index (χ2v) is 5.99. The molecule has 0 aliphatic carbocycles. The van der Waals surface area contributed by atoms with Gasteiger partial charge in [0, 0.05) is 6.54 Å². The van der Waals surface area contributed by atoms with Gasteiger partial charge in [0.15, 0.2) is 11.6 Å². The average molecular weight is 409 g/mol. The third kappa shape index (κ3) is 2.80. The summed E-state index contributed by atoms with van der Waals surface area (Å²) in [6, 6.07) is 1.94. The summed E-state index contributed by atoms with van der Waals surface area (Å²) >= 11 is 6.46. The molecule has 2 N–H and O–H groups in total. The van der Waals surface area contributed by atoms with Crippen LogP contribution in [0.3, 0.4) is 0 Å². The monoisotopic (exact) mass is 407 g/mol. The van der Waals surface area contributed by atoms with Crippen molar-refractivity contribution in [2.75, 3.05) is 0 Å². The molecule has 0 radical (unpaired) electrons. The van der Waals surface area contributed by atoms with Gasteiger partial charge < -0.3 is 5.73 Å². The molecule has 1 aromatic carbocycles. The molecule has 7 heteroatoms. The van der Waals surface area contributed by atoms with Crippen LogP contribution < -0.4 is 5.73 Å². The Morgan fingerprint density at radius 2 is 2.05 bits per heavy atom. The molecule has 0 saturated heterocycles. The Morgan fingerprint density at radius 3 is 2.70 bits per heavy atom. The lowest BCUT2D eigenvalue weighted by atomic mass is 10.0. The molecule has 0 spiro atoms. The van der Waals surface area contributed by atoms with Gasteiger partial charge in [-0.1, -0.05) is 13.0 Å². The lowest BCUT2D eigenvalue weighted by Crippen LogP contribution is -2.19. The first-order valence-corrected chi connectivity index (χ1v) is 7.66. The average Bonchev–Trinajstić information content (AvgIpc) is 2.77. The van der Waals surface area contributed by atoms with E-state index in [2.05, 4.69) is 37.0 Å². The molecule has 2 aromatic rings. The quantitative estimate of drug-likeness (QED) is 0.772. The van der Waals surface area contributed by atoms with Crippen molar-refractivity contribution < 1.29 is 8.78 Å². The molecule has 108 valence electrons. The van der Waals surface area contributed by atoms with Crippen molar-refractivity contribution in [1.29, 1.82) is 0 Å². The fourth-order valence-electron chi connectivity index (χ4n) is 2.00. The number of nitrogens with two attached hydrogens (primary N) is 1. The number of nitrogens with zero attached hydrogens (tertiary/aromatic N) is 2. The number of hydrogen-bond donors (Lipinski definition) is 1. The number of aryl methyl sites for hydroxylation is 1. The fourth-order valence-corrected chi connectivity index (χ4v) is 3.11. The van der Waals surface area contributed by atoms with Crippen LogP contribution in [0.15, 0.2) is 27.3 Å². The van der Waals surface area contributed by atoms with Gasteiger partial charge >= 0.3 is 0 Å². The molecule has 0 saturated carbocycles. The van der Waals surface area contributed by atoms with Gasteiger partial charge in [0.1, 0.15) is 0 Å². The first-order valence-electron chi connectivity index (χ1n) is 6.07. The number of benzene rings is 1. The van der Waals surface area contributed by atoms with Crippen LogP contribution in [0.1, 0.15) is 30.6 Å². The summed E-state index contributed by atoms with van der Waals surface area (Å²) in [5.74, 6) is -1.84. The molecule has 0 aliphatic heterocycles. The van der Waals surface area contributed by atoms with Gasteiger partial charge in [0.25, 0.3) is 0 Å². The van der Waals surface area contributed by atoms with Crippen LogP contribution in [0, 0.1) is 11.6 Å².